The van der Waals surface area contributed by atoms with Gasteiger partial charge in [-0.05, 0) is 29.3 Å². The second-order valence-corrected chi connectivity index (χ2v) is 8.18. The molecule has 26 heavy (non-hydrogen) atoms. The van der Waals surface area contributed by atoms with E-state index in [-0.39, 0.29) is 28.3 Å². The molecule has 6 rings (SSSR count). The number of carbonyl (C=O) groups is 1. The highest BCUT2D eigenvalue weighted by molar-refractivity contribution is 6.29. The molecule has 136 valence electrons. The van der Waals surface area contributed by atoms with Crippen LogP contribution in [0.1, 0.15) is 16.1 Å². The minimum Gasteiger partial charge on any atom is -0.440 e. The number of furan rings is 1. The molecular formula is C20H22ClN3O2. The number of piperidine rings is 2. The molecule has 5 heterocycles. The minimum atomic E-state index is -0.173. The van der Waals surface area contributed by atoms with Crippen molar-refractivity contribution in [2.24, 2.45) is 5.92 Å². The van der Waals surface area contributed by atoms with Gasteiger partial charge < -0.3 is 19.5 Å². The van der Waals surface area contributed by atoms with Crippen LogP contribution in [-0.4, -0.2) is 61.0 Å². The number of fused-ring (bicyclic) bond motifs is 1. The molecule has 0 spiro atoms. The quantitative estimate of drug-likeness (QED) is 0.898. The van der Waals surface area contributed by atoms with Crippen LogP contribution in [0.5, 0.6) is 0 Å². The van der Waals surface area contributed by atoms with Gasteiger partial charge in [0, 0.05) is 56.6 Å². The summed E-state index contributed by atoms with van der Waals surface area (Å²) in [6, 6.07) is 14.0. The van der Waals surface area contributed by atoms with Crippen LogP contribution in [0, 0.1) is 5.92 Å². The number of nitrogens with zero attached hydrogens (tertiary/aromatic N) is 2. The predicted octanol–water partition coefficient (Wildman–Crippen LogP) is 2.23. The van der Waals surface area contributed by atoms with Gasteiger partial charge in [0.05, 0.1) is 0 Å². The summed E-state index contributed by atoms with van der Waals surface area (Å²) in [7, 11) is 0. The number of amides is 1. The van der Waals surface area contributed by atoms with E-state index >= 15 is 0 Å². The molecule has 5 nitrogen and oxygen atoms in total. The molecule has 2 unspecified atom stereocenters. The molecule has 1 amide bonds. The van der Waals surface area contributed by atoms with E-state index in [9.17, 15) is 4.79 Å². The van der Waals surface area contributed by atoms with E-state index < -0.39 is 0 Å². The zero-order chi connectivity index (χ0) is 17.7. The molecular weight excluding hydrogens is 350 g/mol. The molecule has 4 saturated heterocycles. The average Bonchev–Trinajstić information content (AvgIpc) is 2.93. The first-order chi connectivity index (χ1) is 12.6. The van der Waals surface area contributed by atoms with Gasteiger partial charge in [-0.1, -0.05) is 30.3 Å². The smallest absolute Gasteiger partial charge is 0.287 e. The first kappa shape index (κ1) is 16.4. The maximum absolute atomic E-state index is 12.8. The molecule has 0 saturated carbocycles. The molecule has 0 aliphatic carbocycles. The lowest BCUT2D eigenvalue weighted by molar-refractivity contribution is 0.0175. The Morgan fingerprint density at radius 2 is 1.77 bits per heavy atom. The monoisotopic (exact) mass is 371 g/mol. The fraction of sp³-hybridized carbons (Fsp3) is 0.450. The van der Waals surface area contributed by atoms with Gasteiger partial charge in [0.25, 0.3) is 5.91 Å². The van der Waals surface area contributed by atoms with Crippen LogP contribution in [0.2, 0.25) is 5.22 Å². The molecule has 4 fully saturated rings. The van der Waals surface area contributed by atoms with Crippen molar-refractivity contribution < 1.29 is 9.21 Å². The first-order valence-corrected chi connectivity index (χ1v) is 9.58. The average molecular weight is 372 g/mol. The zero-order valence-corrected chi connectivity index (χ0v) is 15.3. The van der Waals surface area contributed by atoms with E-state index in [0.717, 1.165) is 39.3 Å². The van der Waals surface area contributed by atoms with Crippen LogP contribution in [0.25, 0.3) is 0 Å². The molecule has 4 bridgehead atoms. The first-order valence-electron chi connectivity index (χ1n) is 9.20. The van der Waals surface area contributed by atoms with Crippen LogP contribution >= 0.6 is 11.6 Å². The second-order valence-electron chi connectivity index (χ2n) is 7.81. The van der Waals surface area contributed by atoms with Gasteiger partial charge in [-0.15, -0.1) is 0 Å². The number of hydrogen-bond donors (Lipinski definition) is 1. The van der Waals surface area contributed by atoms with E-state index in [1.807, 2.05) is 0 Å². The van der Waals surface area contributed by atoms with Gasteiger partial charge in [-0.3, -0.25) is 4.79 Å². The Labute approximate surface area is 157 Å². The SMILES string of the molecule is O=C(N[C@H]1C2CN3CCN(C2)CC1(c1ccccc1)C3)c1ccc(Cl)o1. The van der Waals surface area contributed by atoms with E-state index in [0.29, 0.717) is 5.92 Å². The van der Waals surface area contributed by atoms with E-state index in [1.54, 1.807) is 12.1 Å². The van der Waals surface area contributed by atoms with Crippen LogP contribution < -0.4 is 5.32 Å². The highest BCUT2D eigenvalue weighted by atomic mass is 35.5. The van der Waals surface area contributed by atoms with E-state index in [4.69, 9.17) is 16.0 Å². The Morgan fingerprint density at radius 3 is 2.38 bits per heavy atom. The molecule has 4 aliphatic rings. The lowest BCUT2D eigenvalue weighted by atomic mass is 9.64. The van der Waals surface area contributed by atoms with Crippen LogP contribution in [-0.2, 0) is 5.41 Å². The fourth-order valence-corrected chi connectivity index (χ4v) is 5.36. The Balaban J connectivity index is 1.53. The third kappa shape index (κ3) is 2.57. The molecule has 0 radical (unpaired) electrons. The normalized spacial score (nSPS) is 35.3. The number of hydrogen-bond acceptors (Lipinski definition) is 4. The Bertz CT molecular complexity index is 805. The molecule has 1 aromatic heterocycles. The second kappa shape index (κ2) is 6.12. The zero-order valence-electron chi connectivity index (χ0n) is 14.5. The molecule has 1 aromatic carbocycles. The van der Waals surface area contributed by atoms with Crippen molar-refractivity contribution >= 4 is 17.5 Å². The van der Waals surface area contributed by atoms with Crippen molar-refractivity contribution in [1.29, 1.82) is 0 Å². The van der Waals surface area contributed by atoms with Gasteiger partial charge in [0.2, 0.25) is 0 Å². The highest BCUT2D eigenvalue weighted by Gasteiger charge is 2.55. The van der Waals surface area contributed by atoms with Crippen molar-refractivity contribution in [2.75, 3.05) is 39.3 Å². The fourth-order valence-electron chi connectivity index (χ4n) is 5.22. The van der Waals surface area contributed by atoms with Gasteiger partial charge in [0.1, 0.15) is 0 Å². The Kier molecular flexibility index (Phi) is 3.85. The molecule has 6 heteroatoms. The van der Waals surface area contributed by atoms with Crippen molar-refractivity contribution in [3.8, 4) is 0 Å². The number of carbonyl (C=O) groups excluding carboxylic acids is 1. The number of nitrogens with one attached hydrogen (secondary N) is 1. The van der Waals surface area contributed by atoms with Crippen LogP contribution in [0.3, 0.4) is 0 Å². The van der Waals surface area contributed by atoms with Gasteiger partial charge >= 0.3 is 0 Å². The minimum absolute atomic E-state index is 0.0897. The Morgan fingerprint density at radius 1 is 1.08 bits per heavy atom. The number of benzene rings is 1. The van der Waals surface area contributed by atoms with Crippen molar-refractivity contribution in [1.82, 2.24) is 15.1 Å². The third-order valence-electron chi connectivity index (χ3n) is 6.23. The van der Waals surface area contributed by atoms with Gasteiger partial charge in [-0.25, -0.2) is 0 Å². The summed E-state index contributed by atoms with van der Waals surface area (Å²) in [6.45, 7) is 6.25. The highest BCUT2D eigenvalue weighted by Crippen LogP contribution is 2.43. The summed E-state index contributed by atoms with van der Waals surface area (Å²) < 4.78 is 5.33. The van der Waals surface area contributed by atoms with Gasteiger partial charge in [-0.2, -0.15) is 0 Å². The maximum Gasteiger partial charge on any atom is 0.287 e. The van der Waals surface area contributed by atoms with Crippen molar-refractivity contribution in [3.63, 3.8) is 0 Å². The van der Waals surface area contributed by atoms with Gasteiger partial charge in [0.15, 0.2) is 11.0 Å². The molecule has 2 aromatic rings. The molecule has 3 atom stereocenters. The lowest BCUT2D eigenvalue weighted by Crippen LogP contribution is -2.70. The number of rotatable bonds is 3. The largest absolute Gasteiger partial charge is 0.440 e. The summed E-state index contributed by atoms with van der Waals surface area (Å²) >= 11 is 5.85. The van der Waals surface area contributed by atoms with Crippen molar-refractivity contribution in [2.45, 2.75) is 11.5 Å². The Hall–Kier alpha value is -1.82. The number of halogens is 1. The van der Waals surface area contributed by atoms with Crippen LogP contribution in [0.4, 0.5) is 0 Å². The third-order valence-corrected chi connectivity index (χ3v) is 6.43. The summed E-state index contributed by atoms with van der Waals surface area (Å²) in [5.74, 6) is 0.522. The van der Waals surface area contributed by atoms with E-state index in [1.165, 1.54) is 5.56 Å². The summed E-state index contributed by atoms with van der Waals surface area (Å²) in [5, 5.41) is 3.56. The predicted molar refractivity (Wildman–Crippen MR) is 99.5 cm³/mol. The van der Waals surface area contributed by atoms with Crippen molar-refractivity contribution in [3.05, 3.63) is 59.0 Å². The summed E-state index contributed by atoms with van der Waals surface area (Å²) in [5.41, 5.74) is 1.22. The lowest BCUT2D eigenvalue weighted by Gasteiger charge is -2.55. The summed E-state index contributed by atoms with van der Waals surface area (Å²) in [6.07, 6.45) is 0. The maximum atomic E-state index is 12.8. The van der Waals surface area contributed by atoms with Crippen LogP contribution in [0.15, 0.2) is 46.9 Å². The molecule has 1 N–H and O–H groups in total. The summed E-state index contributed by atoms with van der Waals surface area (Å²) in [4.78, 5) is 18.0. The standard InChI is InChI=1S/C20H22ClN3O2/c21-17-7-6-16(26-17)19(25)22-18-14-10-23-8-9-24(11-14)13-20(18,12-23)15-4-2-1-3-5-15/h1-7,14,18H,8-13H2,(H,22,25)/t14?,18-,20?/m0/s1. The molecule has 4 aliphatic heterocycles. The topological polar surface area (TPSA) is 48.7 Å². The van der Waals surface area contributed by atoms with E-state index in [2.05, 4.69) is 45.4 Å².